The molecular weight excluding hydrogens is 300 g/mol. The molecule has 0 amide bonds. The SMILES string of the molecule is CCCc1ccc(Oc2ccc(CBr)cc2C)cc1. The Bertz CT molecular complexity index is 531. The molecule has 0 radical (unpaired) electrons. The Balaban J connectivity index is 2.12. The molecule has 0 saturated heterocycles. The number of ether oxygens (including phenoxy) is 1. The smallest absolute Gasteiger partial charge is 0.130 e. The molecule has 0 aliphatic rings. The van der Waals surface area contributed by atoms with Gasteiger partial charge in [-0.05, 0) is 48.2 Å². The van der Waals surface area contributed by atoms with Crippen LogP contribution in [0.2, 0.25) is 0 Å². The van der Waals surface area contributed by atoms with E-state index in [1.54, 1.807) is 0 Å². The average Bonchev–Trinajstić information content (AvgIpc) is 2.43. The van der Waals surface area contributed by atoms with Gasteiger partial charge in [0.25, 0.3) is 0 Å². The summed E-state index contributed by atoms with van der Waals surface area (Å²) in [5.41, 5.74) is 3.79. The highest BCUT2D eigenvalue weighted by molar-refractivity contribution is 9.08. The summed E-state index contributed by atoms with van der Waals surface area (Å²) in [7, 11) is 0. The second-order valence-electron chi connectivity index (χ2n) is 4.73. The van der Waals surface area contributed by atoms with Crippen LogP contribution in [0.15, 0.2) is 42.5 Å². The van der Waals surface area contributed by atoms with Crippen molar-refractivity contribution in [3.8, 4) is 11.5 Å². The van der Waals surface area contributed by atoms with E-state index in [1.807, 2.05) is 18.2 Å². The Morgan fingerprint density at radius 3 is 2.26 bits per heavy atom. The molecule has 0 heterocycles. The van der Waals surface area contributed by atoms with Crippen LogP contribution in [0.25, 0.3) is 0 Å². The number of hydrogen-bond acceptors (Lipinski definition) is 1. The predicted octanol–water partition coefficient (Wildman–Crippen LogP) is 5.63. The third-order valence-corrected chi connectivity index (χ3v) is 3.73. The van der Waals surface area contributed by atoms with Crippen LogP contribution in [0.5, 0.6) is 11.5 Å². The Morgan fingerprint density at radius 2 is 1.68 bits per heavy atom. The third kappa shape index (κ3) is 3.84. The quantitative estimate of drug-likeness (QED) is 0.649. The van der Waals surface area contributed by atoms with E-state index in [2.05, 4.69) is 54.0 Å². The fraction of sp³-hybridized carbons (Fsp3) is 0.294. The molecule has 0 spiro atoms. The van der Waals surface area contributed by atoms with Crippen molar-refractivity contribution in [2.24, 2.45) is 0 Å². The zero-order valence-electron chi connectivity index (χ0n) is 11.4. The molecule has 2 rings (SSSR count). The summed E-state index contributed by atoms with van der Waals surface area (Å²) >= 11 is 3.46. The number of alkyl halides is 1. The van der Waals surface area contributed by atoms with Crippen molar-refractivity contribution in [1.29, 1.82) is 0 Å². The average molecular weight is 319 g/mol. The van der Waals surface area contributed by atoms with Crippen LogP contribution in [0, 0.1) is 6.92 Å². The molecule has 0 unspecified atom stereocenters. The molecule has 0 fully saturated rings. The molecule has 2 aromatic carbocycles. The van der Waals surface area contributed by atoms with Gasteiger partial charge in [-0.15, -0.1) is 0 Å². The van der Waals surface area contributed by atoms with Crippen LogP contribution in [0.4, 0.5) is 0 Å². The van der Waals surface area contributed by atoms with Crippen molar-refractivity contribution in [1.82, 2.24) is 0 Å². The molecule has 0 saturated carbocycles. The number of rotatable bonds is 5. The first-order valence-corrected chi connectivity index (χ1v) is 7.77. The van der Waals surface area contributed by atoms with E-state index < -0.39 is 0 Å². The number of benzene rings is 2. The maximum absolute atomic E-state index is 5.93. The molecule has 0 aliphatic heterocycles. The first-order valence-electron chi connectivity index (χ1n) is 6.65. The topological polar surface area (TPSA) is 9.23 Å². The van der Waals surface area contributed by atoms with Gasteiger partial charge in [0.05, 0.1) is 0 Å². The highest BCUT2D eigenvalue weighted by Crippen LogP contribution is 2.26. The van der Waals surface area contributed by atoms with Crippen molar-refractivity contribution in [3.05, 3.63) is 59.2 Å². The third-order valence-electron chi connectivity index (χ3n) is 3.08. The van der Waals surface area contributed by atoms with Crippen LogP contribution in [0.3, 0.4) is 0 Å². The maximum Gasteiger partial charge on any atom is 0.130 e. The molecule has 100 valence electrons. The standard InChI is InChI=1S/C17H19BrO/c1-3-4-14-5-8-16(9-6-14)19-17-10-7-15(12-18)11-13(17)2/h5-11H,3-4,12H2,1-2H3. The van der Waals surface area contributed by atoms with Gasteiger partial charge in [0, 0.05) is 5.33 Å². The van der Waals surface area contributed by atoms with E-state index in [1.165, 1.54) is 17.5 Å². The van der Waals surface area contributed by atoms with Crippen LogP contribution in [-0.2, 0) is 11.8 Å². The maximum atomic E-state index is 5.93. The Hall–Kier alpha value is -1.28. The molecule has 2 aromatic rings. The van der Waals surface area contributed by atoms with Gasteiger partial charge in [0.15, 0.2) is 0 Å². The lowest BCUT2D eigenvalue weighted by molar-refractivity contribution is 0.478. The zero-order valence-corrected chi connectivity index (χ0v) is 13.0. The van der Waals surface area contributed by atoms with Gasteiger partial charge in [0.2, 0.25) is 0 Å². The van der Waals surface area contributed by atoms with E-state index in [0.29, 0.717) is 0 Å². The van der Waals surface area contributed by atoms with Gasteiger partial charge < -0.3 is 4.74 Å². The monoisotopic (exact) mass is 318 g/mol. The summed E-state index contributed by atoms with van der Waals surface area (Å²) in [6.07, 6.45) is 2.30. The Morgan fingerprint density at radius 1 is 1.00 bits per heavy atom. The molecule has 0 atom stereocenters. The second-order valence-corrected chi connectivity index (χ2v) is 5.29. The molecule has 1 nitrogen and oxygen atoms in total. The predicted molar refractivity (Wildman–Crippen MR) is 84.3 cm³/mol. The summed E-state index contributed by atoms with van der Waals surface area (Å²) < 4.78 is 5.93. The van der Waals surface area contributed by atoms with Gasteiger partial charge in [-0.2, -0.15) is 0 Å². The van der Waals surface area contributed by atoms with Crippen LogP contribution < -0.4 is 4.74 Å². The van der Waals surface area contributed by atoms with E-state index in [9.17, 15) is 0 Å². The van der Waals surface area contributed by atoms with E-state index >= 15 is 0 Å². The fourth-order valence-electron chi connectivity index (χ4n) is 2.05. The van der Waals surface area contributed by atoms with Crippen LogP contribution in [-0.4, -0.2) is 0 Å². The van der Waals surface area contributed by atoms with Crippen molar-refractivity contribution in [3.63, 3.8) is 0 Å². The minimum absolute atomic E-state index is 0.875. The lowest BCUT2D eigenvalue weighted by Crippen LogP contribution is -1.90. The largest absolute Gasteiger partial charge is 0.457 e. The fourth-order valence-corrected chi connectivity index (χ4v) is 2.40. The van der Waals surface area contributed by atoms with Crippen molar-refractivity contribution in [2.75, 3.05) is 0 Å². The van der Waals surface area contributed by atoms with Crippen LogP contribution in [0.1, 0.15) is 30.0 Å². The lowest BCUT2D eigenvalue weighted by Gasteiger charge is -2.10. The van der Waals surface area contributed by atoms with Crippen molar-refractivity contribution in [2.45, 2.75) is 32.0 Å². The highest BCUT2D eigenvalue weighted by Gasteiger charge is 2.03. The molecule has 0 N–H and O–H groups in total. The summed E-state index contributed by atoms with van der Waals surface area (Å²) in [6.45, 7) is 4.27. The first-order chi connectivity index (χ1) is 9.22. The first kappa shape index (κ1) is 14.1. The lowest BCUT2D eigenvalue weighted by atomic mass is 10.1. The minimum atomic E-state index is 0.875. The van der Waals surface area contributed by atoms with Gasteiger partial charge in [-0.1, -0.05) is 53.5 Å². The van der Waals surface area contributed by atoms with E-state index in [0.717, 1.165) is 28.8 Å². The summed E-state index contributed by atoms with van der Waals surface area (Å²) in [5.74, 6) is 1.82. The van der Waals surface area contributed by atoms with Gasteiger partial charge in [-0.3, -0.25) is 0 Å². The zero-order chi connectivity index (χ0) is 13.7. The summed E-state index contributed by atoms with van der Waals surface area (Å²) in [4.78, 5) is 0. The molecular formula is C17H19BrO. The number of hydrogen-bond donors (Lipinski definition) is 0. The second kappa shape index (κ2) is 6.76. The van der Waals surface area contributed by atoms with Gasteiger partial charge in [-0.25, -0.2) is 0 Å². The van der Waals surface area contributed by atoms with Gasteiger partial charge >= 0.3 is 0 Å². The summed E-state index contributed by atoms with van der Waals surface area (Å²) in [6, 6.07) is 14.6. The minimum Gasteiger partial charge on any atom is -0.457 e. The van der Waals surface area contributed by atoms with E-state index in [4.69, 9.17) is 4.74 Å². The summed E-state index contributed by atoms with van der Waals surface area (Å²) in [5, 5.41) is 0.875. The highest BCUT2D eigenvalue weighted by atomic mass is 79.9. The molecule has 19 heavy (non-hydrogen) atoms. The van der Waals surface area contributed by atoms with Crippen molar-refractivity contribution < 1.29 is 4.74 Å². The van der Waals surface area contributed by atoms with Crippen molar-refractivity contribution >= 4 is 15.9 Å². The number of halogens is 1. The molecule has 0 bridgehead atoms. The Kier molecular flexibility index (Phi) is 5.03. The number of aryl methyl sites for hydroxylation is 2. The normalized spacial score (nSPS) is 10.5. The van der Waals surface area contributed by atoms with E-state index in [-0.39, 0.29) is 0 Å². The molecule has 0 aliphatic carbocycles. The molecule has 2 heteroatoms. The molecule has 0 aromatic heterocycles. The van der Waals surface area contributed by atoms with Crippen LogP contribution >= 0.6 is 15.9 Å². The van der Waals surface area contributed by atoms with Gasteiger partial charge in [0.1, 0.15) is 11.5 Å². The Labute approximate surface area is 123 Å².